The van der Waals surface area contributed by atoms with Crippen molar-refractivity contribution in [3.8, 4) is 5.75 Å². The Balaban J connectivity index is 1.77. The van der Waals surface area contributed by atoms with Gasteiger partial charge in [-0.1, -0.05) is 12.1 Å². The monoisotopic (exact) mass is 320 g/mol. The van der Waals surface area contributed by atoms with Crippen LogP contribution >= 0.6 is 11.8 Å². The quantitative estimate of drug-likeness (QED) is 0.926. The second kappa shape index (κ2) is 5.83. The van der Waals surface area contributed by atoms with Crippen molar-refractivity contribution in [2.75, 3.05) is 17.7 Å². The van der Waals surface area contributed by atoms with E-state index in [1.807, 2.05) is 38.1 Å². The van der Waals surface area contributed by atoms with Crippen LogP contribution in [0.2, 0.25) is 0 Å². The average molecular weight is 320 g/mol. The fourth-order valence-corrected chi connectivity index (χ4v) is 4.51. The maximum atomic E-state index is 12.6. The highest BCUT2D eigenvalue weighted by molar-refractivity contribution is 8.01. The number of benzene rings is 1. The van der Waals surface area contributed by atoms with E-state index in [-0.39, 0.29) is 16.7 Å². The van der Waals surface area contributed by atoms with Crippen LogP contribution in [0.1, 0.15) is 26.7 Å². The number of para-hydroxylation sites is 2. The molecule has 2 fully saturated rings. The number of carbonyl (C=O) groups is 2. The van der Waals surface area contributed by atoms with Gasteiger partial charge < -0.3 is 15.0 Å². The molecular formula is C16H20N2O3S. The van der Waals surface area contributed by atoms with E-state index < -0.39 is 6.04 Å². The molecular weight excluding hydrogens is 300 g/mol. The molecule has 0 aromatic heterocycles. The van der Waals surface area contributed by atoms with E-state index in [1.165, 1.54) is 0 Å². The number of ether oxygens (including phenoxy) is 1. The molecule has 22 heavy (non-hydrogen) atoms. The van der Waals surface area contributed by atoms with Crippen molar-refractivity contribution in [1.29, 1.82) is 0 Å². The zero-order valence-corrected chi connectivity index (χ0v) is 13.6. The summed E-state index contributed by atoms with van der Waals surface area (Å²) in [5.74, 6) is 1.23. The van der Waals surface area contributed by atoms with Crippen molar-refractivity contribution in [3.63, 3.8) is 0 Å². The molecule has 2 atom stereocenters. The molecule has 2 aliphatic heterocycles. The molecule has 2 heterocycles. The molecule has 2 amide bonds. The van der Waals surface area contributed by atoms with Gasteiger partial charge in [0, 0.05) is 12.2 Å². The van der Waals surface area contributed by atoms with Gasteiger partial charge in [0.05, 0.1) is 17.2 Å². The molecule has 5 nitrogen and oxygen atoms in total. The van der Waals surface area contributed by atoms with Gasteiger partial charge in [-0.25, -0.2) is 0 Å². The molecule has 1 aromatic rings. The van der Waals surface area contributed by atoms with E-state index in [4.69, 9.17) is 4.74 Å². The van der Waals surface area contributed by atoms with E-state index >= 15 is 0 Å². The Labute approximate surface area is 134 Å². The lowest BCUT2D eigenvalue weighted by molar-refractivity contribution is -0.135. The number of amides is 2. The Morgan fingerprint density at radius 1 is 1.50 bits per heavy atom. The third-order valence-corrected chi connectivity index (χ3v) is 5.70. The van der Waals surface area contributed by atoms with E-state index in [0.717, 1.165) is 6.42 Å². The predicted octanol–water partition coefficient (Wildman–Crippen LogP) is 2.48. The van der Waals surface area contributed by atoms with Gasteiger partial charge in [-0.2, -0.15) is 0 Å². The summed E-state index contributed by atoms with van der Waals surface area (Å²) in [6.07, 6.45) is 1.35. The molecule has 0 saturated carbocycles. The van der Waals surface area contributed by atoms with Crippen molar-refractivity contribution in [2.24, 2.45) is 0 Å². The summed E-state index contributed by atoms with van der Waals surface area (Å²) >= 11 is 1.69. The van der Waals surface area contributed by atoms with Crippen LogP contribution in [0, 0.1) is 0 Å². The molecule has 1 N–H and O–H groups in total. The lowest BCUT2D eigenvalue weighted by atomic mass is 10.2. The standard InChI is InChI=1S/C16H20N2O3S/c1-3-21-13-7-5-4-6-11(13)17-15(20)12-10-22-16(2)9-8-14(19)18(12)16/h4-7,12H,3,8-10H2,1-2H3,(H,17,20)/t12-,16+/m0/s1. The third-order valence-electron chi connectivity index (χ3n) is 4.19. The van der Waals surface area contributed by atoms with Crippen LogP contribution in [0.5, 0.6) is 5.75 Å². The zero-order valence-electron chi connectivity index (χ0n) is 12.8. The SMILES string of the molecule is CCOc1ccccc1NC(=O)[C@@H]1CS[C@]2(C)CCC(=O)N12. The van der Waals surface area contributed by atoms with Crippen LogP contribution in [-0.4, -0.2) is 40.0 Å². The van der Waals surface area contributed by atoms with Crippen molar-refractivity contribution in [1.82, 2.24) is 4.90 Å². The number of hydrogen-bond donors (Lipinski definition) is 1. The molecule has 6 heteroatoms. The van der Waals surface area contributed by atoms with Crippen LogP contribution in [0.15, 0.2) is 24.3 Å². The Morgan fingerprint density at radius 2 is 2.27 bits per heavy atom. The molecule has 2 aliphatic rings. The summed E-state index contributed by atoms with van der Waals surface area (Å²) in [5.41, 5.74) is 0.652. The van der Waals surface area contributed by atoms with Crippen molar-refractivity contribution < 1.29 is 14.3 Å². The van der Waals surface area contributed by atoms with Gasteiger partial charge >= 0.3 is 0 Å². The normalized spacial score (nSPS) is 26.9. The summed E-state index contributed by atoms with van der Waals surface area (Å²) < 4.78 is 5.53. The van der Waals surface area contributed by atoms with Crippen LogP contribution in [-0.2, 0) is 9.59 Å². The molecule has 0 radical (unpaired) electrons. The van der Waals surface area contributed by atoms with Crippen LogP contribution < -0.4 is 10.1 Å². The highest BCUT2D eigenvalue weighted by Gasteiger charge is 2.52. The molecule has 0 aliphatic carbocycles. The minimum Gasteiger partial charge on any atom is -0.492 e. The number of hydrogen-bond acceptors (Lipinski definition) is 4. The average Bonchev–Trinajstić information content (AvgIpc) is 2.98. The fraction of sp³-hybridized carbons (Fsp3) is 0.500. The number of anilines is 1. The lowest BCUT2D eigenvalue weighted by Gasteiger charge is -2.30. The van der Waals surface area contributed by atoms with E-state index in [2.05, 4.69) is 5.32 Å². The summed E-state index contributed by atoms with van der Waals surface area (Å²) in [4.78, 5) is 26.3. The van der Waals surface area contributed by atoms with E-state index in [0.29, 0.717) is 30.2 Å². The van der Waals surface area contributed by atoms with Crippen molar-refractivity contribution in [3.05, 3.63) is 24.3 Å². The van der Waals surface area contributed by atoms with Gasteiger partial charge in [0.15, 0.2) is 0 Å². The highest BCUT2D eigenvalue weighted by Crippen LogP contribution is 2.47. The number of nitrogens with one attached hydrogen (secondary N) is 1. The van der Waals surface area contributed by atoms with E-state index in [1.54, 1.807) is 16.7 Å². The van der Waals surface area contributed by atoms with Gasteiger partial charge in [0.25, 0.3) is 0 Å². The summed E-state index contributed by atoms with van der Waals surface area (Å²) in [6, 6.07) is 6.96. The lowest BCUT2D eigenvalue weighted by Crippen LogP contribution is -2.48. The molecule has 2 saturated heterocycles. The van der Waals surface area contributed by atoms with Gasteiger partial charge in [-0.3, -0.25) is 9.59 Å². The fourth-order valence-electron chi connectivity index (χ4n) is 3.08. The molecule has 1 aromatic carbocycles. The Hall–Kier alpha value is -1.69. The minimum absolute atomic E-state index is 0.0748. The van der Waals surface area contributed by atoms with Crippen LogP contribution in [0.3, 0.4) is 0 Å². The number of thioether (sulfide) groups is 1. The Kier molecular flexibility index (Phi) is 4.04. The van der Waals surface area contributed by atoms with Gasteiger partial charge in [0.1, 0.15) is 11.8 Å². The second-order valence-electron chi connectivity index (χ2n) is 5.68. The van der Waals surface area contributed by atoms with Crippen LogP contribution in [0.4, 0.5) is 5.69 Å². The van der Waals surface area contributed by atoms with Crippen molar-refractivity contribution in [2.45, 2.75) is 37.6 Å². The summed E-state index contributed by atoms with van der Waals surface area (Å²) in [6.45, 7) is 4.49. The first-order chi connectivity index (χ1) is 10.5. The Morgan fingerprint density at radius 3 is 3.05 bits per heavy atom. The number of nitrogens with zero attached hydrogens (tertiary/aromatic N) is 1. The largest absolute Gasteiger partial charge is 0.492 e. The first-order valence-corrected chi connectivity index (χ1v) is 8.52. The highest BCUT2D eigenvalue weighted by atomic mass is 32.2. The second-order valence-corrected chi connectivity index (χ2v) is 7.19. The maximum absolute atomic E-state index is 12.6. The zero-order chi connectivity index (χ0) is 15.7. The molecule has 0 bridgehead atoms. The molecule has 0 spiro atoms. The molecule has 118 valence electrons. The first-order valence-electron chi connectivity index (χ1n) is 7.54. The van der Waals surface area contributed by atoms with Gasteiger partial charge in [0.2, 0.25) is 11.8 Å². The summed E-state index contributed by atoms with van der Waals surface area (Å²) in [5, 5.41) is 2.92. The van der Waals surface area contributed by atoms with Crippen molar-refractivity contribution >= 4 is 29.3 Å². The smallest absolute Gasteiger partial charge is 0.248 e. The topological polar surface area (TPSA) is 58.6 Å². The number of rotatable bonds is 4. The number of fused-ring (bicyclic) bond motifs is 1. The molecule has 0 unspecified atom stereocenters. The third kappa shape index (κ3) is 2.56. The van der Waals surface area contributed by atoms with E-state index in [9.17, 15) is 9.59 Å². The maximum Gasteiger partial charge on any atom is 0.248 e. The molecule has 3 rings (SSSR count). The Bertz CT molecular complexity index is 607. The predicted molar refractivity (Wildman–Crippen MR) is 87.0 cm³/mol. The van der Waals surface area contributed by atoms with Crippen LogP contribution in [0.25, 0.3) is 0 Å². The first kappa shape index (κ1) is 15.2. The summed E-state index contributed by atoms with van der Waals surface area (Å²) in [7, 11) is 0. The minimum atomic E-state index is -0.403. The van der Waals surface area contributed by atoms with Gasteiger partial charge in [-0.15, -0.1) is 11.8 Å². The van der Waals surface area contributed by atoms with Gasteiger partial charge in [-0.05, 0) is 32.4 Å². The number of carbonyl (C=O) groups excluding carboxylic acids is 2.